The monoisotopic (exact) mass is 229 g/mol. The molecule has 0 aromatic carbocycles. The average molecular weight is 229 g/mol. The Balaban J connectivity index is 2.19. The van der Waals surface area contributed by atoms with Gasteiger partial charge < -0.3 is 0 Å². The van der Waals surface area contributed by atoms with Crippen LogP contribution in [-0.2, 0) is 9.09 Å². The molecule has 0 N–H and O–H groups in total. The predicted octanol–water partition coefficient (Wildman–Crippen LogP) is 2.27. The first kappa shape index (κ1) is 12.1. The first-order valence-electron chi connectivity index (χ1n) is 5.08. The standard InChI is InChI=1S/C10H16NO3P/c1-2-3-7-10-13-15(12)14-11-8-5-4-6-9-11/h4-6,8-9H,2-3,7,10H2,1H3/q+2. The number of hydrogen-bond acceptors (Lipinski definition) is 3. The van der Waals surface area contributed by atoms with Crippen LogP contribution in [0.25, 0.3) is 0 Å². The lowest BCUT2D eigenvalue weighted by atomic mass is 10.3. The van der Waals surface area contributed by atoms with Crippen molar-refractivity contribution in [3.63, 3.8) is 0 Å². The van der Waals surface area contributed by atoms with Gasteiger partial charge in [-0.15, -0.1) is 4.52 Å². The van der Waals surface area contributed by atoms with Crippen molar-refractivity contribution in [1.82, 2.24) is 0 Å². The molecule has 0 amide bonds. The second-order valence-corrected chi connectivity index (χ2v) is 3.95. The lowest BCUT2D eigenvalue weighted by Crippen LogP contribution is -2.37. The van der Waals surface area contributed by atoms with Gasteiger partial charge in [0.25, 0.3) is 0 Å². The minimum Gasteiger partial charge on any atom is -0.107 e. The number of rotatable bonds is 7. The second kappa shape index (κ2) is 7.32. The average Bonchev–Trinajstić information content (AvgIpc) is 2.26. The summed E-state index contributed by atoms with van der Waals surface area (Å²) in [7, 11) is -2.06. The summed E-state index contributed by atoms with van der Waals surface area (Å²) in [6, 6.07) is 5.44. The summed E-state index contributed by atoms with van der Waals surface area (Å²) in [5.41, 5.74) is 0. The van der Waals surface area contributed by atoms with E-state index >= 15 is 0 Å². The van der Waals surface area contributed by atoms with Gasteiger partial charge in [0.2, 0.25) is 12.4 Å². The van der Waals surface area contributed by atoms with Crippen LogP contribution in [0.4, 0.5) is 0 Å². The van der Waals surface area contributed by atoms with Crippen molar-refractivity contribution in [2.45, 2.75) is 26.2 Å². The summed E-state index contributed by atoms with van der Waals surface area (Å²) in [6.07, 6.45) is 6.46. The van der Waals surface area contributed by atoms with E-state index in [4.69, 9.17) is 9.15 Å². The van der Waals surface area contributed by atoms with Gasteiger partial charge in [-0.1, -0.05) is 25.8 Å². The summed E-state index contributed by atoms with van der Waals surface area (Å²) in [6.45, 7) is 2.59. The Labute approximate surface area is 90.7 Å². The Hall–Kier alpha value is -0.990. The Morgan fingerprint density at radius 3 is 2.60 bits per heavy atom. The fraction of sp³-hybridized carbons (Fsp3) is 0.500. The van der Waals surface area contributed by atoms with Crippen molar-refractivity contribution < 1.29 is 18.4 Å². The molecule has 1 atom stereocenters. The molecule has 5 heteroatoms. The highest BCUT2D eigenvalue weighted by Crippen LogP contribution is 2.17. The topological polar surface area (TPSA) is 39.4 Å². The minimum absolute atomic E-state index is 0.483. The molecule has 4 nitrogen and oxygen atoms in total. The van der Waals surface area contributed by atoms with Crippen molar-refractivity contribution in [3.8, 4) is 0 Å². The molecule has 0 aliphatic heterocycles. The maximum atomic E-state index is 11.3. The minimum atomic E-state index is -2.06. The third-order valence-corrected chi connectivity index (χ3v) is 2.51. The van der Waals surface area contributed by atoms with Crippen molar-refractivity contribution in [2.24, 2.45) is 0 Å². The van der Waals surface area contributed by atoms with E-state index < -0.39 is 8.25 Å². The first-order valence-corrected chi connectivity index (χ1v) is 6.17. The number of nitrogens with zero attached hydrogens (tertiary/aromatic N) is 1. The quantitative estimate of drug-likeness (QED) is 0.409. The van der Waals surface area contributed by atoms with E-state index in [2.05, 4.69) is 6.92 Å². The van der Waals surface area contributed by atoms with Crippen LogP contribution in [0.1, 0.15) is 26.2 Å². The van der Waals surface area contributed by atoms with E-state index in [1.165, 1.54) is 4.73 Å². The van der Waals surface area contributed by atoms with E-state index in [-0.39, 0.29) is 0 Å². The van der Waals surface area contributed by atoms with Gasteiger partial charge in [-0.3, -0.25) is 0 Å². The van der Waals surface area contributed by atoms with Gasteiger partial charge >= 0.3 is 8.25 Å². The Kier molecular flexibility index (Phi) is 5.90. The summed E-state index contributed by atoms with van der Waals surface area (Å²) in [5.74, 6) is 0. The molecule has 0 aliphatic rings. The van der Waals surface area contributed by atoms with Gasteiger partial charge in [0.05, 0.1) is 4.73 Å². The molecular formula is C10H16NO3P+2. The molecule has 0 saturated heterocycles. The largest absolute Gasteiger partial charge is 0.813 e. The number of aromatic nitrogens is 1. The molecule has 1 aromatic rings. The summed E-state index contributed by atoms with van der Waals surface area (Å²) >= 11 is 0. The maximum Gasteiger partial charge on any atom is 0.813 e. The van der Waals surface area contributed by atoms with Crippen LogP contribution in [-0.4, -0.2) is 6.61 Å². The van der Waals surface area contributed by atoms with Crippen LogP contribution >= 0.6 is 8.25 Å². The molecule has 1 unspecified atom stereocenters. The van der Waals surface area contributed by atoms with Gasteiger partial charge in [0.15, 0.2) is 0 Å². The molecule has 0 radical (unpaired) electrons. The zero-order valence-corrected chi connectivity index (χ0v) is 9.73. The smallest absolute Gasteiger partial charge is 0.107 e. The molecule has 15 heavy (non-hydrogen) atoms. The van der Waals surface area contributed by atoms with E-state index in [9.17, 15) is 4.57 Å². The van der Waals surface area contributed by atoms with Crippen LogP contribution in [0.15, 0.2) is 30.6 Å². The molecule has 0 bridgehead atoms. The van der Waals surface area contributed by atoms with Crippen molar-refractivity contribution in [1.29, 1.82) is 0 Å². The normalized spacial score (nSPS) is 11.1. The van der Waals surface area contributed by atoms with Crippen LogP contribution in [0, 0.1) is 0 Å². The second-order valence-electron chi connectivity index (χ2n) is 3.08. The molecule has 0 fully saturated rings. The molecule has 1 heterocycles. The molecule has 1 rings (SSSR count). The highest BCUT2D eigenvalue weighted by atomic mass is 31.1. The summed E-state index contributed by atoms with van der Waals surface area (Å²) < 4.78 is 22.6. The first-order chi connectivity index (χ1) is 7.33. The fourth-order valence-electron chi connectivity index (χ4n) is 1.03. The van der Waals surface area contributed by atoms with Gasteiger partial charge in [0.1, 0.15) is 6.61 Å². The van der Waals surface area contributed by atoms with E-state index in [1.54, 1.807) is 24.5 Å². The molecule has 1 aromatic heterocycles. The molecule has 0 spiro atoms. The van der Waals surface area contributed by atoms with E-state index in [1.807, 2.05) is 6.07 Å². The Morgan fingerprint density at radius 1 is 1.20 bits per heavy atom. The van der Waals surface area contributed by atoms with E-state index in [0.29, 0.717) is 6.61 Å². The zero-order valence-electron chi connectivity index (χ0n) is 8.83. The highest BCUT2D eigenvalue weighted by Gasteiger charge is 2.27. The molecule has 82 valence electrons. The van der Waals surface area contributed by atoms with Crippen LogP contribution in [0.5, 0.6) is 0 Å². The maximum absolute atomic E-state index is 11.3. The summed E-state index contributed by atoms with van der Waals surface area (Å²) in [5, 5.41) is 0. The lowest BCUT2D eigenvalue weighted by molar-refractivity contribution is -0.858. The van der Waals surface area contributed by atoms with Crippen LogP contribution < -0.4 is 9.35 Å². The molecular weight excluding hydrogens is 213 g/mol. The fourth-order valence-corrected chi connectivity index (χ4v) is 1.62. The summed E-state index contributed by atoms with van der Waals surface area (Å²) in [4.78, 5) is 0. The Morgan fingerprint density at radius 2 is 1.93 bits per heavy atom. The van der Waals surface area contributed by atoms with Crippen molar-refractivity contribution >= 4 is 8.25 Å². The van der Waals surface area contributed by atoms with Gasteiger partial charge in [-0.05, 0) is 6.42 Å². The van der Waals surface area contributed by atoms with Crippen LogP contribution in [0.2, 0.25) is 0 Å². The predicted molar refractivity (Wildman–Crippen MR) is 56.3 cm³/mol. The molecule has 0 aliphatic carbocycles. The SMILES string of the molecule is CCCCCO[P+](=O)O[n+]1ccccc1. The zero-order chi connectivity index (χ0) is 10.9. The number of hydrogen-bond donors (Lipinski definition) is 0. The number of unbranched alkanes of at least 4 members (excludes halogenated alkanes) is 2. The van der Waals surface area contributed by atoms with Crippen molar-refractivity contribution in [3.05, 3.63) is 30.6 Å². The van der Waals surface area contributed by atoms with Gasteiger partial charge in [0, 0.05) is 21.3 Å². The lowest BCUT2D eigenvalue weighted by Gasteiger charge is -1.89. The number of pyridine rings is 1. The van der Waals surface area contributed by atoms with E-state index in [0.717, 1.165) is 19.3 Å². The van der Waals surface area contributed by atoms with Gasteiger partial charge in [-0.2, -0.15) is 0 Å². The molecule has 0 saturated carbocycles. The van der Waals surface area contributed by atoms with Crippen molar-refractivity contribution in [2.75, 3.05) is 6.61 Å². The van der Waals surface area contributed by atoms with Gasteiger partial charge in [-0.25, -0.2) is 0 Å². The third-order valence-electron chi connectivity index (χ3n) is 1.79. The highest BCUT2D eigenvalue weighted by molar-refractivity contribution is 7.33. The Bertz CT molecular complexity index is 292. The van der Waals surface area contributed by atoms with Crippen LogP contribution in [0.3, 0.4) is 0 Å². The third kappa shape index (κ3) is 5.45.